The normalized spacial score (nSPS) is 18.8. The van der Waals surface area contributed by atoms with E-state index in [-0.39, 0.29) is 12.6 Å². The van der Waals surface area contributed by atoms with E-state index in [1.807, 2.05) is 12.3 Å². The molecule has 1 N–H and O–H groups in total. The van der Waals surface area contributed by atoms with E-state index in [1.54, 1.807) is 7.11 Å². The molecule has 0 radical (unpaired) electrons. The number of aryl methyl sites for hydroxylation is 1. The number of nitrogens with zero attached hydrogens (tertiary/aromatic N) is 2. The first-order chi connectivity index (χ1) is 9.01. The van der Waals surface area contributed by atoms with Crippen LogP contribution in [-0.2, 0) is 21.5 Å². The minimum atomic E-state index is -3.41. The number of methoxy groups -OCH3 is 1. The van der Waals surface area contributed by atoms with Crippen LogP contribution in [0.3, 0.4) is 0 Å². The van der Waals surface area contributed by atoms with Gasteiger partial charge >= 0.3 is 0 Å². The van der Waals surface area contributed by atoms with E-state index in [1.165, 1.54) is 15.6 Å². The fourth-order valence-electron chi connectivity index (χ4n) is 2.04. The summed E-state index contributed by atoms with van der Waals surface area (Å²) in [5, 5.41) is 2.70. The first-order valence-electron chi connectivity index (χ1n) is 6.20. The summed E-state index contributed by atoms with van der Waals surface area (Å²) in [6, 6.07) is 0. The quantitative estimate of drug-likeness (QED) is 0.877. The van der Waals surface area contributed by atoms with Gasteiger partial charge in [0.05, 0.1) is 12.6 Å². The van der Waals surface area contributed by atoms with Crippen LogP contribution in [0.1, 0.15) is 23.5 Å². The van der Waals surface area contributed by atoms with E-state index >= 15 is 0 Å². The lowest BCUT2D eigenvalue weighted by atomic mass is 10.1. The number of ether oxygens (including phenoxy) is 1. The molecule has 108 valence electrons. The van der Waals surface area contributed by atoms with Crippen LogP contribution in [-0.4, -0.2) is 44.0 Å². The Bertz CT molecular complexity index is 507. The third-order valence-electron chi connectivity index (χ3n) is 3.15. The van der Waals surface area contributed by atoms with Gasteiger partial charge in [0.2, 0.25) is 0 Å². The van der Waals surface area contributed by atoms with E-state index in [9.17, 15) is 8.42 Å². The Hall–Kier alpha value is -0.540. The van der Waals surface area contributed by atoms with Gasteiger partial charge in [-0.25, -0.2) is 4.98 Å². The molecule has 1 aliphatic rings. The average Bonchev–Trinajstić information content (AvgIpc) is 2.82. The Kier molecular flexibility index (Phi) is 4.91. The van der Waals surface area contributed by atoms with Gasteiger partial charge in [0, 0.05) is 31.3 Å². The molecule has 0 amide bonds. The summed E-state index contributed by atoms with van der Waals surface area (Å²) in [5.74, 6) is 0. The van der Waals surface area contributed by atoms with Crippen LogP contribution in [0.4, 0.5) is 0 Å². The van der Waals surface area contributed by atoms with Crippen LogP contribution in [0.2, 0.25) is 0 Å². The number of nitrogens with one attached hydrogen (secondary N) is 1. The highest BCUT2D eigenvalue weighted by Gasteiger charge is 2.27. The molecule has 0 aromatic carbocycles. The summed E-state index contributed by atoms with van der Waals surface area (Å²) in [7, 11) is -1.74. The van der Waals surface area contributed by atoms with Gasteiger partial charge in [-0.1, -0.05) is 0 Å². The van der Waals surface area contributed by atoms with Crippen LogP contribution in [0, 0.1) is 6.92 Å². The van der Waals surface area contributed by atoms with Crippen LogP contribution in [0.15, 0.2) is 5.38 Å². The van der Waals surface area contributed by atoms with E-state index in [4.69, 9.17) is 4.74 Å². The molecule has 1 aliphatic heterocycles. The summed E-state index contributed by atoms with van der Waals surface area (Å²) in [4.78, 5) is 4.24. The topological polar surface area (TPSA) is 71.5 Å². The number of aromatic nitrogens is 1. The van der Waals surface area contributed by atoms with Gasteiger partial charge in [0.25, 0.3) is 10.2 Å². The predicted octanol–water partition coefficient (Wildman–Crippen LogP) is 0.897. The predicted molar refractivity (Wildman–Crippen MR) is 74.2 cm³/mol. The molecule has 6 nitrogen and oxygen atoms in total. The van der Waals surface area contributed by atoms with Gasteiger partial charge in [-0.2, -0.15) is 17.4 Å². The molecular weight excluding hydrogens is 286 g/mol. The van der Waals surface area contributed by atoms with Gasteiger partial charge in [0.1, 0.15) is 5.01 Å². The lowest BCUT2D eigenvalue weighted by Gasteiger charge is -2.30. The Morgan fingerprint density at radius 2 is 2.21 bits per heavy atom. The van der Waals surface area contributed by atoms with Crippen molar-refractivity contribution in [1.29, 1.82) is 0 Å². The zero-order valence-corrected chi connectivity index (χ0v) is 12.8. The molecule has 0 spiro atoms. The van der Waals surface area contributed by atoms with Crippen molar-refractivity contribution in [3.05, 3.63) is 16.1 Å². The molecule has 8 heteroatoms. The zero-order valence-electron chi connectivity index (χ0n) is 11.1. The van der Waals surface area contributed by atoms with Gasteiger partial charge in [-0.05, 0) is 19.8 Å². The molecule has 2 rings (SSSR count). The minimum Gasteiger partial charge on any atom is -0.381 e. The first-order valence-corrected chi connectivity index (χ1v) is 8.52. The molecular formula is C11H19N3O3S2. The van der Waals surface area contributed by atoms with Gasteiger partial charge < -0.3 is 4.74 Å². The Labute approximate surface area is 118 Å². The molecule has 2 heterocycles. The van der Waals surface area contributed by atoms with Crippen molar-refractivity contribution in [2.75, 3.05) is 20.2 Å². The zero-order chi connectivity index (χ0) is 13.9. The van der Waals surface area contributed by atoms with Crippen molar-refractivity contribution in [3.8, 4) is 0 Å². The summed E-state index contributed by atoms with van der Waals surface area (Å²) in [6.45, 7) is 3.16. The third kappa shape index (κ3) is 3.96. The lowest BCUT2D eigenvalue weighted by Crippen LogP contribution is -2.46. The van der Waals surface area contributed by atoms with Crippen LogP contribution in [0.5, 0.6) is 0 Å². The number of hydrogen-bond donors (Lipinski definition) is 1. The molecule has 1 aromatic rings. The van der Waals surface area contributed by atoms with Crippen LogP contribution in [0.25, 0.3) is 0 Å². The highest BCUT2D eigenvalue weighted by Crippen LogP contribution is 2.16. The average molecular weight is 305 g/mol. The Morgan fingerprint density at radius 3 is 2.74 bits per heavy atom. The van der Waals surface area contributed by atoms with Crippen molar-refractivity contribution in [1.82, 2.24) is 14.0 Å². The second kappa shape index (κ2) is 6.27. The maximum absolute atomic E-state index is 12.1. The highest BCUT2D eigenvalue weighted by atomic mass is 32.2. The molecule has 1 aromatic heterocycles. The SMILES string of the molecule is COC1CCN(S(=O)(=O)NCc2nc(C)cs2)CC1. The van der Waals surface area contributed by atoms with Crippen LogP contribution < -0.4 is 4.72 Å². The monoisotopic (exact) mass is 305 g/mol. The van der Waals surface area contributed by atoms with Gasteiger partial charge in [-0.3, -0.25) is 0 Å². The Morgan fingerprint density at radius 1 is 1.53 bits per heavy atom. The molecule has 1 fully saturated rings. The standard InChI is InChI=1S/C11H19N3O3S2/c1-9-8-18-11(13-9)7-12-19(15,16)14-5-3-10(17-2)4-6-14/h8,10,12H,3-7H2,1-2H3. The van der Waals surface area contributed by atoms with Crippen molar-refractivity contribution in [2.45, 2.75) is 32.4 Å². The fraction of sp³-hybridized carbons (Fsp3) is 0.727. The smallest absolute Gasteiger partial charge is 0.279 e. The Balaban J connectivity index is 1.88. The second-order valence-corrected chi connectivity index (χ2v) is 7.24. The lowest BCUT2D eigenvalue weighted by molar-refractivity contribution is 0.0602. The number of rotatable bonds is 5. The molecule has 0 saturated carbocycles. The first kappa shape index (κ1) is 14.9. The van der Waals surface area contributed by atoms with E-state index in [0.717, 1.165) is 23.5 Å². The van der Waals surface area contributed by atoms with Crippen molar-refractivity contribution in [3.63, 3.8) is 0 Å². The molecule has 0 bridgehead atoms. The van der Waals surface area contributed by atoms with Gasteiger partial charge in [0.15, 0.2) is 0 Å². The fourth-order valence-corrected chi connectivity index (χ4v) is 4.03. The molecule has 0 aliphatic carbocycles. The molecule has 0 unspecified atom stereocenters. The van der Waals surface area contributed by atoms with Crippen molar-refractivity contribution < 1.29 is 13.2 Å². The van der Waals surface area contributed by atoms with Crippen molar-refractivity contribution in [2.24, 2.45) is 0 Å². The second-order valence-electron chi connectivity index (χ2n) is 4.54. The summed E-state index contributed by atoms with van der Waals surface area (Å²) < 4.78 is 33.5. The number of piperidine rings is 1. The highest BCUT2D eigenvalue weighted by molar-refractivity contribution is 7.87. The van der Waals surface area contributed by atoms with E-state index in [0.29, 0.717) is 13.1 Å². The maximum Gasteiger partial charge on any atom is 0.279 e. The summed E-state index contributed by atoms with van der Waals surface area (Å²) in [5.41, 5.74) is 0.917. The van der Waals surface area contributed by atoms with Gasteiger partial charge in [-0.15, -0.1) is 11.3 Å². The minimum absolute atomic E-state index is 0.174. The van der Waals surface area contributed by atoms with Crippen molar-refractivity contribution >= 4 is 21.5 Å². The number of thiazole rings is 1. The largest absolute Gasteiger partial charge is 0.381 e. The summed E-state index contributed by atoms with van der Waals surface area (Å²) in [6.07, 6.45) is 1.66. The molecule has 1 saturated heterocycles. The molecule has 0 atom stereocenters. The van der Waals surface area contributed by atoms with E-state index in [2.05, 4.69) is 9.71 Å². The third-order valence-corrected chi connectivity index (χ3v) is 5.67. The van der Waals surface area contributed by atoms with E-state index < -0.39 is 10.2 Å². The summed E-state index contributed by atoms with van der Waals surface area (Å²) >= 11 is 1.46. The van der Waals surface area contributed by atoms with Crippen LogP contribution >= 0.6 is 11.3 Å². The maximum atomic E-state index is 12.1. The molecule has 19 heavy (non-hydrogen) atoms. The number of hydrogen-bond acceptors (Lipinski definition) is 5.